The van der Waals surface area contributed by atoms with Crippen molar-refractivity contribution in [1.82, 2.24) is 5.32 Å². The van der Waals surface area contributed by atoms with Crippen LogP contribution < -0.4 is 29.7 Å². The molecule has 11 heteroatoms. The molecule has 1 saturated heterocycles. The summed E-state index contributed by atoms with van der Waals surface area (Å²) >= 11 is 5.99. The highest BCUT2D eigenvalue weighted by Crippen LogP contribution is 2.30. The lowest BCUT2D eigenvalue weighted by Gasteiger charge is -2.26. The number of hydrogen-bond donors (Lipinski definition) is 2. The van der Waals surface area contributed by atoms with Gasteiger partial charge in [-0.2, -0.15) is 0 Å². The number of barbiturate groups is 1. The normalized spacial score (nSPS) is 14.2. The maximum atomic E-state index is 13.1. The summed E-state index contributed by atoms with van der Waals surface area (Å²) in [6, 6.07) is 16.8. The summed E-state index contributed by atoms with van der Waals surface area (Å²) in [5, 5.41) is 5.18. The molecule has 0 aromatic heterocycles. The minimum atomic E-state index is -0.882. The number of para-hydroxylation sites is 2. The third-order valence-corrected chi connectivity index (χ3v) is 5.64. The van der Waals surface area contributed by atoms with Crippen molar-refractivity contribution < 1.29 is 33.4 Å². The van der Waals surface area contributed by atoms with Crippen molar-refractivity contribution in [2.75, 3.05) is 31.0 Å². The highest BCUT2D eigenvalue weighted by molar-refractivity contribution is 6.39. The minimum Gasteiger partial charge on any atom is -0.495 e. The van der Waals surface area contributed by atoms with E-state index in [2.05, 4.69) is 10.6 Å². The Kier molecular flexibility index (Phi) is 7.93. The first-order chi connectivity index (χ1) is 18.3. The maximum absolute atomic E-state index is 13.1. The number of hydrogen-bond acceptors (Lipinski definition) is 7. The largest absolute Gasteiger partial charge is 0.495 e. The van der Waals surface area contributed by atoms with Crippen LogP contribution in [0, 0.1) is 0 Å². The molecule has 0 atom stereocenters. The summed E-state index contributed by atoms with van der Waals surface area (Å²) in [4.78, 5) is 51.1. The summed E-state index contributed by atoms with van der Waals surface area (Å²) in [5.74, 6) is -1.04. The first-order valence-electron chi connectivity index (χ1n) is 11.2. The molecule has 2 N–H and O–H groups in total. The molecule has 0 saturated carbocycles. The second-order valence-electron chi connectivity index (χ2n) is 7.89. The number of ether oxygens (including phenoxy) is 3. The zero-order valence-electron chi connectivity index (χ0n) is 20.3. The van der Waals surface area contributed by atoms with Crippen molar-refractivity contribution >= 4 is 52.8 Å². The van der Waals surface area contributed by atoms with Crippen molar-refractivity contribution in [1.29, 1.82) is 0 Å². The predicted molar refractivity (Wildman–Crippen MR) is 141 cm³/mol. The fourth-order valence-corrected chi connectivity index (χ4v) is 3.83. The molecule has 10 nitrogen and oxygen atoms in total. The molecule has 3 aromatic rings. The molecule has 1 heterocycles. The van der Waals surface area contributed by atoms with E-state index < -0.39 is 23.8 Å². The number of methoxy groups -OCH3 is 2. The third kappa shape index (κ3) is 5.76. The van der Waals surface area contributed by atoms with Crippen molar-refractivity contribution in [2.24, 2.45) is 0 Å². The van der Waals surface area contributed by atoms with Crippen molar-refractivity contribution in [3.8, 4) is 17.2 Å². The zero-order chi connectivity index (χ0) is 27.2. The van der Waals surface area contributed by atoms with E-state index in [1.165, 1.54) is 44.6 Å². The average molecular weight is 536 g/mol. The van der Waals surface area contributed by atoms with Crippen LogP contribution in [-0.2, 0) is 14.4 Å². The lowest BCUT2D eigenvalue weighted by molar-refractivity contribution is -0.122. The molecule has 0 bridgehead atoms. The number of nitrogens with one attached hydrogen (secondary N) is 2. The van der Waals surface area contributed by atoms with E-state index in [9.17, 15) is 19.2 Å². The number of carbonyl (C=O) groups is 4. The van der Waals surface area contributed by atoms with Crippen molar-refractivity contribution in [2.45, 2.75) is 0 Å². The van der Waals surface area contributed by atoms with Gasteiger partial charge >= 0.3 is 6.03 Å². The number of urea groups is 1. The molecule has 5 amide bonds. The number of benzene rings is 3. The van der Waals surface area contributed by atoms with Crippen molar-refractivity contribution in [3.63, 3.8) is 0 Å². The van der Waals surface area contributed by atoms with Gasteiger partial charge in [-0.3, -0.25) is 19.7 Å². The van der Waals surface area contributed by atoms with Gasteiger partial charge in [0.1, 0.15) is 11.3 Å². The summed E-state index contributed by atoms with van der Waals surface area (Å²) < 4.78 is 16.2. The van der Waals surface area contributed by atoms with Crippen LogP contribution in [0.4, 0.5) is 16.2 Å². The van der Waals surface area contributed by atoms with Gasteiger partial charge in [-0.05, 0) is 54.1 Å². The molecule has 0 aliphatic carbocycles. The number of halogens is 1. The van der Waals surface area contributed by atoms with Crippen LogP contribution in [0.25, 0.3) is 6.08 Å². The molecule has 1 aliphatic rings. The van der Waals surface area contributed by atoms with Crippen LogP contribution in [0.2, 0.25) is 5.02 Å². The molecule has 3 aromatic carbocycles. The first kappa shape index (κ1) is 26.2. The lowest BCUT2D eigenvalue weighted by Crippen LogP contribution is -2.54. The Morgan fingerprint density at radius 3 is 2.45 bits per heavy atom. The number of carbonyl (C=O) groups excluding carboxylic acids is 4. The maximum Gasteiger partial charge on any atom is 0.335 e. The molecule has 38 heavy (non-hydrogen) atoms. The Bertz CT molecular complexity index is 1450. The topological polar surface area (TPSA) is 123 Å². The van der Waals surface area contributed by atoms with E-state index in [0.29, 0.717) is 22.0 Å². The van der Waals surface area contributed by atoms with E-state index in [1.807, 2.05) is 0 Å². The molecule has 4 rings (SSSR count). The van der Waals surface area contributed by atoms with Crippen molar-refractivity contribution in [3.05, 3.63) is 82.9 Å². The SMILES string of the molecule is COc1ccccc1NC(=O)COc1ccc(/C=C2\C(=O)NC(=O)N(c3cccc(Cl)c3)C2=O)cc1OC. The van der Waals surface area contributed by atoms with Crippen LogP contribution in [0.3, 0.4) is 0 Å². The molecule has 1 fully saturated rings. The smallest absolute Gasteiger partial charge is 0.335 e. The number of anilines is 2. The van der Waals surface area contributed by atoms with E-state index in [4.69, 9.17) is 25.8 Å². The van der Waals surface area contributed by atoms with Gasteiger partial charge < -0.3 is 19.5 Å². The quantitative estimate of drug-likeness (QED) is 0.329. The second-order valence-corrected chi connectivity index (χ2v) is 8.32. The Hall–Kier alpha value is -4.83. The van der Waals surface area contributed by atoms with Crippen LogP contribution in [0.15, 0.2) is 72.3 Å². The number of imide groups is 2. The Morgan fingerprint density at radius 1 is 0.947 bits per heavy atom. The molecule has 0 radical (unpaired) electrons. The molecule has 0 spiro atoms. The molecule has 194 valence electrons. The molecule has 1 aliphatic heterocycles. The Labute approximate surface area is 222 Å². The van der Waals surface area contributed by atoms with Gasteiger partial charge in [0.15, 0.2) is 18.1 Å². The molecule has 0 unspecified atom stereocenters. The van der Waals surface area contributed by atoms with E-state index >= 15 is 0 Å². The van der Waals surface area contributed by atoms with Gasteiger partial charge in [-0.15, -0.1) is 0 Å². The van der Waals surface area contributed by atoms with E-state index in [0.717, 1.165) is 4.90 Å². The first-order valence-corrected chi connectivity index (χ1v) is 11.6. The molecular formula is C27H22ClN3O7. The third-order valence-electron chi connectivity index (χ3n) is 5.41. The van der Waals surface area contributed by atoms with Gasteiger partial charge in [0.05, 0.1) is 25.6 Å². The average Bonchev–Trinajstić information content (AvgIpc) is 2.90. The van der Waals surface area contributed by atoms with Gasteiger partial charge in [-0.1, -0.05) is 35.9 Å². The van der Waals surface area contributed by atoms with E-state index in [-0.39, 0.29) is 29.4 Å². The summed E-state index contributed by atoms with van der Waals surface area (Å²) in [6.07, 6.45) is 1.32. The predicted octanol–water partition coefficient (Wildman–Crippen LogP) is 4.04. The summed E-state index contributed by atoms with van der Waals surface area (Å²) in [5.41, 5.74) is 0.868. The monoisotopic (exact) mass is 535 g/mol. The Morgan fingerprint density at radius 2 is 1.71 bits per heavy atom. The van der Waals surface area contributed by atoms with Gasteiger partial charge in [-0.25, -0.2) is 9.69 Å². The number of amides is 5. The van der Waals surface area contributed by atoms with Gasteiger partial charge in [0.25, 0.3) is 17.7 Å². The summed E-state index contributed by atoms with van der Waals surface area (Å²) in [6.45, 7) is -0.313. The van der Waals surface area contributed by atoms with Crippen LogP contribution in [-0.4, -0.2) is 44.6 Å². The van der Waals surface area contributed by atoms with Gasteiger partial charge in [0.2, 0.25) is 0 Å². The lowest BCUT2D eigenvalue weighted by atomic mass is 10.1. The van der Waals surface area contributed by atoms with Crippen LogP contribution in [0.5, 0.6) is 17.2 Å². The highest BCUT2D eigenvalue weighted by atomic mass is 35.5. The minimum absolute atomic E-state index is 0.214. The second kappa shape index (κ2) is 11.5. The van der Waals surface area contributed by atoms with Crippen LogP contribution in [0.1, 0.15) is 5.56 Å². The number of rotatable bonds is 8. The highest BCUT2D eigenvalue weighted by Gasteiger charge is 2.36. The van der Waals surface area contributed by atoms with Gasteiger partial charge in [0, 0.05) is 5.02 Å². The summed E-state index contributed by atoms with van der Waals surface area (Å²) in [7, 11) is 2.91. The molecular weight excluding hydrogens is 514 g/mol. The van der Waals surface area contributed by atoms with Crippen LogP contribution >= 0.6 is 11.6 Å². The number of nitrogens with zero attached hydrogens (tertiary/aromatic N) is 1. The standard InChI is InChI=1S/C27H22ClN3O7/c1-36-21-9-4-3-8-20(21)29-24(32)15-38-22-11-10-16(13-23(22)37-2)12-19-25(33)30-27(35)31(26(19)34)18-7-5-6-17(28)14-18/h3-14H,15H2,1-2H3,(H,29,32)(H,30,33,35)/b19-12+. The fourth-order valence-electron chi connectivity index (χ4n) is 3.64. The van der Waals surface area contributed by atoms with E-state index in [1.54, 1.807) is 42.5 Å². The zero-order valence-corrected chi connectivity index (χ0v) is 21.1. The Balaban J connectivity index is 1.51. The fraction of sp³-hybridized carbons (Fsp3) is 0.111.